The summed E-state index contributed by atoms with van der Waals surface area (Å²) in [5, 5.41) is 6.85. The van der Waals surface area contributed by atoms with Gasteiger partial charge in [-0.15, -0.1) is 0 Å². The predicted molar refractivity (Wildman–Crippen MR) is 83.0 cm³/mol. The molecule has 0 saturated carbocycles. The molecule has 1 aromatic heterocycles. The SMILES string of the molecule is Cn1cc(C(=O)Nc2ccc(-c3ccccc3)cc2)cn1. The van der Waals surface area contributed by atoms with Crippen molar-refractivity contribution in [3.05, 3.63) is 72.6 Å². The summed E-state index contributed by atoms with van der Waals surface area (Å²) in [5.41, 5.74) is 3.59. The number of hydrogen-bond acceptors (Lipinski definition) is 2. The number of benzene rings is 2. The van der Waals surface area contributed by atoms with E-state index in [1.54, 1.807) is 24.1 Å². The molecule has 0 aliphatic heterocycles. The Labute approximate surface area is 123 Å². The molecule has 0 saturated heterocycles. The quantitative estimate of drug-likeness (QED) is 0.798. The molecule has 4 nitrogen and oxygen atoms in total. The summed E-state index contributed by atoms with van der Waals surface area (Å²) < 4.78 is 1.60. The molecule has 1 N–H and O–H groups in total. The monoisotopic (exact) mass is 277 g/mol. The molecule has 0 spiro atoms. The molecule has 0 unspecified atom stereocenters. The van der Waals surface area contributed by atoms with Gasteiger partial charge in [-0.1, -0.05) is 42.5 Å². The Balaban J connectivity index is 1.74. The van der Waals surface area contributed by atoms with Crippen LogP contribution >= 0.6 is 0 Å². The number of aromatic nitrogens is 2. The van der Waals surface area contributed by atoms with Crippen LogP contribution in [0.4, 0.5) is 5.69 Å². The lowest BCUT2D eigenvalue weighted by molar-refractivity contribution is 0.102. The second-order valence-electron chi connectivity index (χ2n) is 4.80. The standard InChI is InChI=1S/C17H15N3O/c1-20-12-15(11-18-20)17(21)19-16-9-7-14(8-10-16)13-5-3-2-4-6-13/h2-12H,1H3,(H,19,21). The zero-order chi connectivity index (χ0) is 14.7. The Morgan fingerprint density at radius 1 is 1.00 bits per heavy atom. The Bertz CT molecular complexity index is 745. The molecular weight excluding hydrogens is 262 g/mol. The van der Waals surface area contributed by atoms with Crippen LogP contribution in [-0.2, 0) is 7.05 Å². The molecule has 2 aromatic carbocycles. The van der Waals surface area contributed by atoms with Crippen LogP contribution in [-0.4, -0.2) is 15.7 Å². The van der Waals surface area contributed by atoms with Crippen LogP contribution < -0.4 is 5.32 Å². The summed E-state index contributed by atoms with van der Waals surface area (Å²) in [7, 11) is 1.78. The van der Waals surface area contributed by atoms with E-state index in [9.17, 15) is 4.79 Å². The summed E-state index contributed by atoms with van der Waals surface area (Å²) in [6, 6.07) is 17.9. The van der Waals surface area contributed by atoms with E-state index >= 15 is 0 Å². The zero-order valence-corrected chi connectivity index (χ0v) is 11.7. The van der Waals surface area contributed by atoms with Gasteiger partial charge in [0.15, 0.2) is 0 Å². The van der Waals surface area contributed by atoms with Gasteiger partial charge in [-0.05, 0) is 23.3 Å². The number of carbonyl (C=O) groups is 1. The fraction of sp³-hybridized carbons (Fsp3) is 0.0588. The summed E-state index contributed by atoms with van der Waals surface area (Å²) in [5.74, 6) is -0.157. The smallest absolute Gasteiger partial charge is 0.258 e. The van der Waals surface area contributed by atoms with E-state index in [1.807, 2.05) is 42.5 Å². The van der Waals surface area contributed by atoms with Crippen LogP contribution in [0.25, 0.3) is 11.1 Å². The molecule has 3 aromatic rings. The Hall–Kier alpha value is -2.88. The molecule has 0 radical (unpaired) electrons. The number of anilines is 1. The van der Waals surface area contributed by atoms with Gasteiger partial charge in [-0.3, -0.25) is 9.48 Å². The minimum atomic E-state index is -0.157. The number of hydrogen-bond donors (Lipinski definition) is 1. The van der Waals surface area contributed by atoms with Crippen LogP contribution in [0, 0.1) is 0 Å². The Kier molecular flexibility index (Phi) is 3.51. The molecule has 104 valence electrons. The van der Waals surface area contributed by atoms with Gasteiger partial charge in [0.1, 0.15) is 0 Å². The van der Waals surface area contributed by atoms with Crippen molar-refractivity contribution < 1.29 is 4.79 Å². The van der Waals surface area contributed by atoms with Crippen molar-refractivity contribution in [1.82, 2.24) is 9.78 Å². The second kappa shape index (κ2) is 5.63. The zero-order valence-electron chi connectivity index (χ0n) is 11.7. The maximum Gasteiger partial charge on any atom is 0.258 e. The Morgan fingerprint density at radius 3 is 2.29 bits per heavy atom. The molecule has 0 atom stereocenters. The van der Waals surface area contributed by atoms with Gasteiger partial charge in [0, 0.05) is 18.9 Å². The van der Waals surface area contributed by atoms with Gasteiger partial charge in [0.2, 0.25) is 0 Å². The lowest BCUT2D eigenvalue weighted by atomic mass is 10.1. The third-order valence-corrected chi connectivity index (χ3v) is 3.22. The van der Waals surface area contributed by atoms with Gasteiger partial charge < -0.3 is 5.32 Å². The highest BCUT2D eigenvalue weighted by Gasteiger charge is 2.08. The topological polar surface area (TPSA) is 46.9 Å². The molecule has 0 fully saturated rings. The van der Waals surface area contributed by atoms with Crippen molar-refractivity contribution in [2.24, 2.45) is 7.05 Å². The van der Waals surface area contributed by atoms with E-state index in [0.717, 1.165) is 16.8 Å². The molecule has 1 amide bonds. The Morgan fingerprint density at radius 2 is 1.67 bits per heavy atom. The second-order valence-corrected chi connectivity index (χ2v) is 4.80. The highest BCUT2D eigenvalue weighted by molar-refractivity contribution is 6.04. The summed E-state index contributed by atoms with van der Waals surface area (Å²) >= 11 is 0. The fourth-order valence-corrected chi connectivity index (χ4v) is 2.12. The van der Waals surface area contributed by atoms with Crippen molar-refractivity contribution in [3.63, 3.8) is 0 Å². The predicted octanol–water partition coefficient (Wildman–Crippen LogP) is 3.34. The first-order valence-corrected chi connectivity index (χ1v) is 6.68. The number of amides is 1. The normalized spacial score (nSPS) is 10.3. The van der Waals surface area contributed by atoms with Crippen molar-refractivity contribution in [2.45, 2.75) is 0 Å². The van der Waals surface area contributed by atoms with Gasteiger partial charge in [0.25, 0.3) is 5.91 Å². The molecule has 1 heterocycles. The van der Waals surface area contributed by atoms with Crippen LogP contribution in [0.1, 0.15) is 10.4 Å². The highest BCUT2D eigenvalue weighted by atomic mass is 16.1. The molecule has 0 aliphatic carbocycles. The number of rotatable bonds is 3. The van der Waals surface area contributed by atoms with Crippen molar-refractivity contribution >= 4 is 11.6 Å². The number of nitrogens with zero attached hydrogens (tertiary/aromatic N) is 2. The molecule has 0 bridgehead atoms. The summed E-state index contributed by atoms with van der Waals surface area (Å²) in [6.07, 6.45) is 3.24. The van der Waals surface area contributed by atoms with Crippen LogP contribution in [0.5, 0.6) is 0 Å². The van der Waals surface area contributed by atoms with Crippen molar-refractivity contribution in [3.8, 4) is 11.1 Å². The van der Waals surface area contributed by atoms with Gasteiger partial charge in [-0.2, -0.15) is 5.10 Å². The van der Waals surface area contributed by atoms with E-state index < -0.39 is 0 Å². The third-order valence-electron chi connectivity index (χ3n) is 3.22. The maximum absolute atomic E-state index is 12.0. The molecule has 21 heavy (non-hydrogen) atoms. The van der Waals surface area contributed by atoms with E-state index in [-0.39, 0.29) is 5.91 Å². The molecule has 3 rings (SSSR count). The van der Waals surface area contributed by atoms with Crippen LogP contribution in [0.3, 0.4) is 0 Å². The van der Waals surface area contributed by atoms with Gasteiger partial charge in [0.05, 0.1) is 11.8 Å². The molecule has 0 aliphatic rings. The third kappa shape index (κ3) is 3.00. The fourth-order valence-electron chi connectivity index (χ4n) is 2.12. The van der Waals surface area contributed by atoms with Crippen molar-refractivity contribution in [2.75, 3.05) is 5.32 Å². The first-order chi connectivity index (χ1) is 10.2. The average Bonchev–Trinajstić information content (AvgIpc) is 2.96. The van der Waals surface area contributed by atoms with Gasteiger partial charge >= 0.3 is 0 Å². The molecule has 4 heteroatoms. The minimum absolute atomic E-state index is 0.157. The van der Waals surface area contributed by atoms with E-state index in [2.05, 4.69) is 22.5 Å². The van der Waals surface area contributed by atoms with E-state index in [1.165, 1.54) is 0 Å². The van der Waals surface area contributed by atoms with E-state index in [4.69, 9.17) is 0 Å². The minimum Gasteiger partial charge on any atom is -0.322 e. The first-order valence-electron chi connectivity index (χ1n) is 6.68. The number of aryl methyl sites for hydroxylation is 1. The lowest BCUT2D eigenvalue weighted by Gasteiger charge is -2.05. The maximum atomic E-state index is 12.0. The number of carbonyl (C=O) groups excluding carboxylic acids is 1. The first kappa shape index (κ1) is 13.1. The summed E-state index contributed by atoms with van der Waals surface area (Å²) in [6.45, 7) is 0. The van der Waals surface area contributed by atoms with E-state index in [0.29, 0.717) is 5.56 Å². The largest absolute Gasteiger partial charge is 0.322 e. The molecular formula is C17H15N3O. The lowest BCUT2D eigenvalue weighted by Crippen LogP contribution is -2.10. The van der Waals surface area contributed by atoms with Crippen molar-refractivity contribution in [1.29, 1.82) is 0 Å². The summed E-state index contributed by atoms with van der Waals surface area (Å²) in [4.78, 5) is 12.0. The van der Waals surface area contributed by atoms with Crippen LogP contribution in [0.15, 0.2) is 67.0 Å². The highest BCUT2D eigenvalue weighted by Crippen LogP contribution is 2.21. The van der Waals surface area contributed by atoms with Gasteiger partial charge in [-0.25, -0.2) is 0 Å². The van der Waals surface area contributed by atoms with Crippen LogP contribution in [0.2, 0.25) is 0 Å². The average molecular weight is 277 g/mol. The number of nitrogens with one attached hydrogen (secondary N) is 1.